The van der Waals surface area contributed by atoms with E-state index in [1.54, 1.807) is 12.1 Å². The molecule has 5 aliphatic carbocycles. The molecule has 1 N–H and O–H groups in total. The van der Waals surface area contributed by atoms with E-state index in [9.17, 15) is 24.3 Å². The Morgan fingerprint density at radius 3 is 2.15 bits per heavy atom. The zero-order valence-electron chi connectivity index (χ0n) is 29.0. The van der Waals surface area contributed by atoms with Gasteiger partial charge in [-0.05, 0) is 116 Å². The molecule has 0 aromatic heterocycles. The summed E-state index contributed by atoms with van der Waals surface area (Å²) in [6, 6.07) is 6.20. The van der Waals surface area contributed by atoms with Gasteiger partial charge in [-0.3, -0.25) is 9.59 Å². The lowest BCUT2D eigenvalue weighted by molar-refractivity contribution is -0.202. The molecule has 7 heteroatoms. The summed E-state index contributed by atoms with van der Waals surface area (Å²) in [6.45, 7) is 15.8. The predicted molar refractivity (Wildman–Crippen MR) is 174 cm³/mol. The van der Waals surface area contributed by atoms with E-state index in [2.05, 4.69) is 41.5 Å². The van der Waals surface area contributed by atoms with Crippen molar-refractivity contribution in [1.29, 1.82) is 0 Å². The van der Waals surface area contributed by atoms with Crippen LogP contribution in [0.4, 0.5) is 0 Å². The molecular formula is C39H52O7. The minimum atomic E-state index is -1.16. The molecular weight excluding hydrogens is 580 g/mol. The highest BCUT2D eigenvalue weighted by Crippen LogP contribution is 2.75. The van der Waals surface area contributed by atoms with Crippen LogP contribution in [-0.2, 0) is 19.1 Å². The Morgan fingerprint density at radius 2 is 1.50 bits per heavy atom. The fourth-order valence-corrected chi connectivity index (χ4v) is 11.8. The van der Waals surface area contributed by atoms with Gasteiger partial charge < -0.3 is 14.6 Å². The summed E-state index contributed by atoms with van der Waals surface area (Å²) in [6.07, 6.45) is 9.44. The third-order valence-electron chi connectivity index (χ3n) is 14.8. The smallest absolute Gasteiger partial charge is 0.339 e. The second kappa shape index (κ2) is 10.5. The highest BCUT2D eigenvalue weighted by Gasteiger charge is 2.70. The third-order valence-corrected chi connectivity index (χ3v) is 14.8. The molecule has 3 unspecified atom stereocenters. The number of carbonyl (C=O) groups is 4. The lowest BCUT2D eigenvalue weighted by Gasteiger charge is -2.70. The minimum absolute atomic E-state index is 0.0588. The summed E-state index contributed by atoms with van der Waals surface area (Å²) in [4.78, 5) is 52.8. The molecule has 9 atom stereocenters. The molecule has 250 valence electrons. The van der Waals surface area contributed by atoms with E-state index >= 15 is 0 Å². The maximum atomic E-state index is 14.7. The fourth-order valence-electron chi connectivity index (χ4n) is 11.8. The molecule has 0 spiro atoms. The number of rotatable bonds is 4. The van der Waals surface area contributed by atoms with Crippen LogP contribution < -0.4 is 0 Å². The Bertz CT molecular complexity index is 1520. The number of hydrogen-bond donors (Lipinski definition) is 1. The molecule has 5 aliphatic rings. The molecule has 4 saturated carbocycles. The molecule has 0 bridgehead atoms. The number of hydrogen-bond acceptors (Lipinski definition) is 6. The molecule has 1 aromatic rings. The lowest BCUT2D eigenvalue weighted by Crippen LogP contribution is -2.66. The fraction of sp³-hybridized carbons (Fsp3) is 0.692. The van der Waals surface area contributed by atoms with Crippen LogP contribution in [-0.4, -0.2) is 42.0 Å². The Kier molecular flexibility index (Phi) is 7.54. The van der Waals surface area contributed by atoms with Gasteiger partial charge in [0, 0.05) is 11.3 Å². The number of ketones is 1. The van der Waals surface area contributed by atoms with Crippen LogP contribution in [0.1, 0.15) is 127 Å². The first-order chi connectivity index (χ1) is 21.4. The predicted octanol–water partition coefficient (Wildman–Crippen LogP) is 8.06. The maximum absolute atomic E-state index is 14.7. The van der Waals surface area contributed by atoms with Crippen LogP contribution in [0.15, 0.2) is 35.9 Å². The number of carbonyl (C=O) groups excluding carboxylic acids is 3. The zero-order valence-corrected chi connectivity index (χ0v) is 29.0. The molecule has 0 amide bonds. The SMILES string of the molecule is COC(=O)[C@@]1(C)CC[C@]2(C)CCC3(C)C(=CC(=O)C4[C@@]5(C)CC[C@H](OC(=O)c6ccccc6C(=O)O)C(C)(C)C5CC[C@]43C)[C@@H]2C1. The van der Waals surface area contributed by atoms with Crippen molar-refractivity contribution in [3.8, 4) is 0 Å². The number of aromatic carboxylic acids is 1. The van der Waals surface area contributed by atoms with E-state index in [4.69, 9.17) is 9.47 Å². The van der Waals surface area contributed by atoms with Gasteiger partial charge in [-0.1, -0.05) is 59.2 Å². The van der Waals surface area contributed by atoms with Gasteiger partial charge in [0.05, 0.1) is 23.7 Å². The van der Waals surface area contributed by atoms with Crippen LogP contribution in [0, 0.1) is 50.2 Å². The molecule has 0 radical (unpaired) electrons. The van der Waals surface area contributed by atoms with Crippen molar-refractivity contribution in [1.82, 2.24) is 0 Å². The normalized spacial score (nSPS) is 42.7. The first-order valence-corrected chi connectivity index (χ1v) is 17.3. The first kappa shape index (κ1) is 33.0. The van der Waals surface area contributed by atoms with Crippen molar-refractivity contribution in [3.05, 3.63) is 47.0 Å². The van der Waals surface area contributed by atoms with Gasteiger partial charge >= 0.3 is 17.9 Å². The van der Waals surface area contributed by atoms with Crippen molar-refractivity contribution in [2.75, 3.05) is 7.11 Å². The van der Waals surface area contributed by atoms with Gasteiger partial charge in [-0.25, -0.2) is 9.59 Å². The van der Waals surface area contributed by atoms with Crippen LogP contribution in [0.5, 0.6) is 0 Å². The number of carboxylic acids is 1. The van der Waals surface area contributed by atoms with Crippen molar-refractivity contribution in [2.45, 2.75) is 112 Å². The molecule has 6 rings (SSSR count). The van der Waals surface area contributed by atoms with Crippen LogP contribution >= 0.6 is 0 Å². The van der Waals surface area contributed by atoms with E-state index in [1.165, 1.54) is 24.8 Å². The van der Waals surface area contributed by atoms with Gasteiger partial charge in [0.1, 0.15) is 6.10 Å². The Labute approximate surface area is 273 Å². The summed E-state index contributed by atoms with van der Waals surface area (Å²) in [5.74, 6) is -1.53. The molecule has 0 aliphatic heterocycles. The average molecular weight is 633 g/mol. The topological polar surface area (TPSA) is 107 Å². The number of ether oxygens (including phenoxy) is 2. The Morgan fingerprint density at radius 1 is 0.848 bits per heavy atom. The molecule has 7 nitrogen and oxygen atoms in total. The molecule has 0 heterocycles. The zero-order chi connectivity index (χ0) is 33.7. The lowest BCUT2D eigenvalue weighted by atomic mass is 9.33. The molecule has 1 aromatic carbocycles. The van der Waals surface area contributed by atoms with Crippen molar-refractivity contribution in [2.24, 2.45) is 50.2 Å². The number of benzene rings is 1. The quantitative estimate of drug-likeness (QED) is 0.335. The highest BCUT2D eigenvalue weighted by molar-refractivity contribution is 6.02. The summed E-state index contributed by atoms with van der Waals surface area (Å²) >= 11 is 0. The number of carboxylic acid groups (broad SMARTS) is 1. The van der Waals surface area contributed by atoms with Crippen LogP contribution in [0.25, 0.3) is 0 Å². The van der Waals surface area contributed by atoms with E-state index in [0.717, 1.165) is 51.4 Å². The van der Waals surface area contributed by atoms with Gasteiger partial charge in [-0.2, -0.15) is 0 Å². The van der Waals surface area contributed by atoms with E-state index in [0.29, 0.717) is 6.42 Å². The van der Waals surface area contributed by atoms with E-state index in [1.807, 2.05) is 13.0 Å². The second-order valence-corrected chi connectivity index (χ2v) is 17.3. The molecule has 46 heavy (non-hydrogen) atoms. The monoisotopic (exact) mass is 632 g/mol. The highest BCUT2D eigenvalue weighted by atomic mass is 16.5. The van der Waals surface area contributed by atoms with Gasteiger partial charge in [0.25, 0.3) is 0 Å². The van der Waals surface area contributed by atoms with Crippen molar-refractivity contribution >= 4 is 23.7 Å². The summed E-state index contributed by atoms with van der Waals surface area (Å²) in [7, 11) is 1.48. The summed E-state index contributed by atoms with van der Waals surface area (Å²) in [5, 5.41) is 9.65. The van der Waals surface area contributed by atoms with Crippen LogP contribution in [0.3, 0.4) is 0 Å². The Hall–Kier alpha value is -2.96. The number of fused-ring (bicyclic) bond motifs is 7. The van der Waals surface area contributed by atoms with Gasteiger partial charge in [0.15, 0.2) is 5.78 Å². The van der Waals surface area contributed by atoms with Gasteiger partial charge in [-0.15, -0.1) is 0 Å². The number of methoxy groups -OCH3 is 1. The largest absolute Gasteiger partial charge is 0.478 e. The van der Waals surface area contributed by atoms with Crippen LogP contribution in [0.2, 0.25) is 0 Å². The third kappa shape index (κ3) is 4.42. The van der Waals surface area contributed by atoms with Crippen molar-refractivity contribution < 1.29 is 33.8 Å². The van der Waals surface area contributed by atoms with Gasteiger partial charge in [0.2, 0.25) is 0 Å². The number of allylic oxidation sites excluding steroid dienone is 2. The average Bonchev–Trinajstić information content (AvgIpc) is 2.99. The van der Waals surface area contributed by atoms with Crippen molar-refractivity contribution in [3.63, 3.8) is 0 Å². The van der Waals surface area contributed by atoms with E-state index in [-0.39, 0.29) is 62.3 Å². The number of esters is 2. The molecule has 4 fully saturated rings. The summed E-state index contributed by atoms with van der Waals surface area (Å²) < 4.78 is 11.4. The second-order valence-electron chi connectivity index (χ2n) is 17.3. The minimum Gasteiger partial charge on any atom is -0.478 e. The summed E-state index contributed by atoms with van der Waals surface area (Å²) in [5.41, 5.74) is -0.305. The first-order valence-electron chi connectivity index (χ1n) is 17.3. The Balaban J connectivity index is 1.33. The molecule has 0 saturated heterocycles. The standard InChI is InChI=1S/C39H52O7/c1-34(2)28-13-16-39(7)30(37(28,5)15-14-29(34)46-32(43)24-12-10-9-11-23(24)31(41)42)27(40)21-25-26-22-36(4,33(44)45-8)18-17-35(26,3)19-20-38(25,39)6/h9-12,21,26,28-30H,13-20,22H2,1-8H3,(H,41,42)/t26-,28?,29-,30?,35+,36-,37-,38?,39+/m0/s1. The van der Waals surface area contributed by atoms with E-state index < -0.39 is 28.9 Å². The maximum Gasteiger partial charge on any atom is 0.339 e.